The first-order valence-electron chi connectivity index (χ1n) is 9.50. The highest BCUT2D eigenvalue weighted by Crippen LogP contribution is 2.34. The molecule has 1 fully saturated rings. The lowest BCUT2D eigenvalue weighted by Gasteiger charge is -2.22. The molecule has 4 atom stereocenters. The number of nitrogens with zero attached hydrogens (tertiary/aromatic N) is 5. The summed E-state index contributed by atoms with van der Waals surface area (Å²) in [6, 6.07) is 0. The highest BCUT2D eigenvalue weighted by Gasteiger charge is 2.45. The molecule has 0 aromatic carbocycles. The molecule has 1 aliphatic heterocycles. The maximum absolute atomic E-state index is 10.7. The fourth-order valence-corrected chi connectivity index (χ4v) is 3.46. The number of aliphatic hydroxyl groups is 2. The van der Waals surface area contributed by atoms with Crippen LogP contribution in [0, 0.1) is 0 Å². The largest absolute Gasteiger partial charge is 0.387 e. The SMILES string of the molecule is CCCc1nc2c(N)ncnc2n1[C@@H]1O[C@H](CN(C)C/C=C\CN)[C@@H](O)[C@H]1O. The zero-order valence-corrected chi connectivity index (χ0v) is 16.3. The van der Waals surface area contributed by atoms with Gasteiger partial charge >= 0.3 is 0 Å². The van der Waals surface area contributed by atoms with Crippen LogP contribution in [-0.4, -0.2) is 79.6 Å². The quantitative estimate of drug-likeness (QED) is 0.434. The van der Waals surface area contributed by atoms with Gasteiger partial charge in [0, 0.05) is 26.1 Å². The van der Waals surface area contributed by atoms with Gasteiger partial charge < -0.3 is 31.3 Å². The number of ether oxygens (including phenoxy) is 1. The van der Waals surface area contributed by atoms with Crippen molar-refractivity contribution in [3.8, 4) is 0 Å². The van der Waals surface area contributed by atoms with Gasteiger partial charge in [0.1, 0.15) is 30.5 Å². The molecule has 154 valence electrons. The first kappa shape index (κ1) is 20.6. The Kier molecular flexibility index (Phi) is 6.57. The third kappa shape index (κ3) is 4.01. The van der Waals surface area contributed by atoms with Crippen LogP contribution in [0.25, 0.3) is 11.2 Å². The van der Waals surface area contributed by atoms with Crippen LogP contribution in [0.5, 0.6) is 0 Å². The summed E-state index contributed by atoms with van der Waals surface area (Å²) in [6.07, 6.45) is 3.21. The molecule has 3 heterocycles. The lowest BCUT2D eigenvalue weighted by atomic mass is 10.1. The van der Waals surface area contributed by atoms with Gasteiger partial charge in [0.2, 0.25) is 0 Å². The Morgan fingerprint density at radius 3 is 2.79 bits per heavy atom. The molecule has 0 saturated carbocycles. The molecule has 0 aliphatic carbocycles. The zero-order chi connectivity index (χ0) is 20.3. The molecule has 1 aliphatic rings. The number of likely N-dealkylation sites (N-methyl/N-ethyl adjacent to an activating group) is 1. The van der Waals surface area contributed by atoms with Crippen LogP contribution < -0.4 is 11.5 Å². The fourth-order valence-electron chi connectivity index (χ4n) is 3.46. The van der Waals surface area contributed by atoms with Crippen LogP contribution in [0.1, 0.15) is 25.4 Å². The smallest absolute Gasteiger partial charge is 0.167 e. The molecule has 0 amide bonds. The second kappa shape index (κ2) is 8.93. The summed E-state index contributed by atoms with van der Waals surface area (Å²) in [4.78, 5) is 14.8. The van der Waals surface area contributed by atoms with Crippen molar-refractivity contribution in [2.24, 2.45) is 5.73 Å². The average molecular weight is 391 g/mol. The van der Waals surface area contributed by atoms with Crippen LogP contribution in [0.2, 0.25) is 0 Å². The number of hydrogen-bond acceptors (Lipinski definition) is 9. The van der Waals surface area contributed by atoms with Crippen molar-refractivity contribution < 1.29 is 14.9 Å². The molecule has 0 unspecified atom stereocenters. The number of nitrogens with two attached hydrogens (primary N) is 2. The minimum atomic E-state index is -1.11. The lowest BCUT2D eigenvalue weighted by Crippen LogP contribution is -2.38. The topological polar surface area (TPSA) is 149 Å². The first-order valence-corrected chi connectivity index (χ1v) is 9.50. The number of aromatic nitrogens is 4. The van der Waals surface area contributed by atoms with Crippen LogP contribution in [-0.2, 0) is 11.2 Å². The Morgan fingerprint density at radius 2 is 2.07 bits per heavy atom. The molecular formula is C18H29N7O3. The van der Waals surface area contributed by atoms with Gasteiger partial charge in [-0.3, -0.25) is 4.57 Å². The van der Waals surface area contributed by atoms with Gasteiger partial charge in [-0.25, -0.2) is 15.0 Å². The molecule has 2 aromatic rings. The van der Waals surface area contributed by atoms with E-state index in [2.05, 4.69) is 15.0 Å². The van der Waals surface area contributed by atoms with Crippen molar-refractivity contribution in [2.45, 2.75) is 44.3 Å². The van der Waals surface area contributed by atoms with E-state index in [1.807, 2.05) is 31.0 Å². The summed E-state index contributed by atoms with van der Waals surface area (Å²) in [5, 5.41) is 21.3. The summed E-state index contributed by atoms with van der Waals surface area (Å²) in [6.45, 7) is 3.64. The predicted molar refractivity (Wildman–Crippen MR) is 105 cm³/mol. The number of anilines is 1. The Hall–Kier alpha value is -2.11. The van der Waals surface area contributed by atoms with E-state index < -0.39 is 24.5 Å². The van der Waals surface area contributed by atoms with E-state index in [1.54, 1.807) is 4.57 Å². The zero-order valence-electron chi connectivity index (χ0n) is 16.3. The monoisotopic (exact) mass is 391 g/mol. The van der Waals surface area contributed by atoms with Gasteiger partial charge in [-0.2, -0.15) is 0 Å². The maximum atomic E-state index is 10.7. The Balaban J connectivity index is 1.86. The number of rotatable bonds is 8. The van der Waals surface area contributed by atoms with E-state index in [-0.39, 0.29) is 5.82 Å². The molecule has 6 N–H and O–H groups in total. The Morgan fingerprint density at radius 1 is 1.29 bits per heavy atom. The summed E-state index contributed by atoms with van der Waals surface area (Å²) in [7, 11) is 1.92. The van der Waals surface area contributed by atoms with Crippen molar-refractivity contribution in [3.05, 3.63) is 24.3 Å². The van der Waals surface area contributed by atoms with Crippen molar-refractivity contribution >= 4 is 17.0 Å². The molecule has 0 bridgehead atoms. The van der Waals surface area contributed by atoms with Crippen LogP contribution in [0.15, 0.2) is 18.5 Å². The van der Waals surface area contributed by atoms with Gasteiger partial charge in [0.25, 0.3) is 0 Å². The van der Waals surface area contributed by atoms with Crippen molar-refractivity contribution in [1.82, 2.24) is 24.4 Å². The van der Waals surface area contributed by atoms with Gasteiger partial charge in [-0.1, -0.05) is 19.1 Å². The van der Waals surface area contributed by atoms with E-state index in [0.29, 0.717) is 43.0 Å². The summed E-state index contributed by atoms with van der Waals surface area (Å²) >= 11 is 0. The van der Waals surface area contributed by atoms with E-state index in [4.69, 9.17) is 16.2 Å². The third-order valence-electron chi connectivity index (χ3n) is 4.86. The summed E-state index contributed by atoms with van der Waals surface area (Å²) in [5.41, 5.74) is 12.4. The Bertz CT molecular complexity index is 825. The Labute approximate surface area is 163 Å². The molecular weight excluding hydrogens is 362 g/mol. The number of fused-ring (bicyclic) bond motifs is 1. The number of aryl methyl sites for hydroxylation is 1. The minimum Gasteiger partial charge on any atom is -0.387 e. The summed E-state index contributed by atoms with van der Waals surface area (Å²) in [5.74, 6) is 0.970. The lowest BCUT2D eigenvalue weighted by molar-refractivity contribution is -0.0428. The van der Waals surface area contributed by atoms with Crippen molar-refractivity contribution in [2.75, 3.05) is 32.4 Å². The van der Waals surface area contributed by atoms with Crippen LogP contribution >= 0.6 is 0 Å². The number of imidazole rings is 1. The minimum absolute atomic E-state index is 0.275. The molecule has 10 heteroatoms. The standard InChI is InChI=1S/C18H29N7O3/c1-3-6-12-23-13-16(20)21-10-22-17(13)25(12)18-15(27)14(26)11(28-18)9-24(2)8-5-4-7-19/h4-5,10-11,14-15,18,26-27H,3,6-9,19H2,1-2H3,(H2,20,21,22)/b5-4-/t11-,14-,15-,18-/m1/s1. The van der Waals surface area contributed by atoms with Gasteiger partial charge in [-0.05, 0) is 13.5 Å². The summed E-state index contributed by atoms with van der Waals surface area (Å²) < 4.78 is 7.81. The van der Waals surface area contributed by atoms with Crippen molar-refractivity contribution in [1.29, 1.82) is 0 Å². The van der Waals surface area contributed by atoms with Crippen LogP contribution in [0.3, 0.4) is 0 Å². The van der Waals surface area contributed by atoms with Gasteiger partial charge in [0.15, 0.2) is 23.2 Å². The molecule has 3 rings (SSSR count). The maximum Gasteiger partial charge on any atom is 0.167 e. The second-order valence-electron chi connectivity index (χ2n) is 7.05. The fraction of sp³-hybridized carbons (Fsp3) is 0.611. The van der Waals surface area contributed by atoms with E-state index in [9.17, 15) is 10.2 Å². The van der Waals surface area contributed by atoms with E-state index in [0.717, 1.165) is 6.42 Å². The van der Waals surface area contributed by atoms with E-state index >= 15 is 0 Å². The number of hydrogen-bond donors (Lipinski definition) is 4. The van der Waals surface area contributed by atoms with Gasteiger partial charge in [0.05, 0.1) is 0 Å². The molecule has 28 heavy (non-hydrogen) atoms. The molecule has 0 spiro atoms. The first-order chi connectivity index (χ1) is 13.5. The highest BCUT2D eigenvalue weighted by atomic mass is 16.6. The predicted octanol–water partition coefficient (Wildman–Crippen LogP) is -0.573. The van der Waals surface area contributed by atoms with Crippen LogP contribution in [0.4, 0.5) is 5.82 Å². The highest BCUT2D eigenvalue weighted by molar-refractivity contribution is 5.81. The molecule has 1 saturated heterocycles. The second-order valence-corrected chi connectivity index (χ2v) is 7.05. The molecule has 10 nitrogen and oxygen atoms in total. The normalized spacial score (nSPS) is 25.5. The third-order valence-corrected chi connectivity index (χ3v) is 4.86. The number of nitrogen functional groups attached to an aromatic ring is 1. The average Bonchev–Trinajstić information content (AvgIpc) is 3.15. The number of aliphatic hydroxyl groups excluding tert-OH is 2. The molecule has 2 aromatic heterocycles. The van der Waals surface area contributed by atoms with Gasteiger partial charge in [-0.15, -0.1) is 0 Å². The van der Waals surface area contributed by atoms with Crippen molar-refractivity contribution in [3.63, 3.8) is 0 Å². The van der Waals surface area contributed by atoms with E-state index in [1.165, 1.54) is 6.33 Å². The molecule has 0 radical (unpaired) electrons.